The molecule has 0 aromatic heterocycles. The van der Waals surface area contributed by atoms with Gasteiger partial charge in [0.15, 0.2) is 0 Å². The van der Waals surface area contributed by atoms with E-state index in [-0.39, 0.29) is 0 Å². The molecule has 3 aliphatic heterocycles. The minimum absolute atomic E-state index is 0.751. The lowest BCUT2D eigenvalue weighted by molar-refractivity contribution is 0.105. The van der Waals surface area contributed by atoms with Gasteiger partial charge in [-0.25, -0.2) is 5.32 Å². The molecule has 2 heteroatoms. The zero-order chi connectivity index (χ0) is 12.3. The summed E-state index contributed by atoms with van der Waals surface area (Å²) < 4.78 is 0. The van der Waals surface area contributed by atoms with Crippen molar-refractivity contribution in [1.29, 1.82) is 0 Å². The van der Waals surface area contributed by atoms with E-state index >= 15 is 0 Å². The molecule has 18 heavy (non-hydrogen) atoms. The average molecular weight is 249 g/mol. The fourth-order valence-corrected chi connectivity index (χ4v) is 3.92. The molecule has 0 aromatic rings. The SMILES string of the molecule is C1CCC[N]CC1.C1C[N+]2CCC2(CC2CC2)C1. The van der Waals surface area contributed by atoms with Crippen molar-refractivity contribution in [3.63, 3.8) is 0 Å². The summed E-state index contributed by atoms with van der Waals surface area (Å²) in [6.07, 6.45) is 14.6. The fraction of sp³-hybridized carbons (Fsp3) is 1.00. The third kappa shape index (κ3) is 3.08. The summed E-state index contributed by atoms with van der Waals surface area (Å²) in [6.45, 7) is 5.07. The van der Waals surface area contributed by atoms with Crippen LogP contribution in [0.2, 0.25) is 0 Å². The Labute approximate surface area is 113 Å². The van der Waals surface area contributed by atoms with Crippen LogP contribution in [0, 0.1) is 5.92 Å². The molecule has 4 aliphatic rings. The lowest BCUT2D eigenvalue weighted by Gasteiger charge is -2.38. The van der Waals surface area contributed by atoms with Crippen molar-refractivity contribution >= 4 is 0 Å². The Kier molecular flexibility index (Phi) is 4.25. The van der Waals surface area contributed by atoms with Crippen molar-refractivity contribution in [2.45, 2.75) is 69.7 Å². The summed E-state index contributed by atoms with van der Waals surface area (Å²) in [4.78, 5) is 2.74. The standard InChI is InChI=1S/C10H17N.C6H12N/c1-4-10(8-9-2-3-9)5-7-11(10)6-1;1-2-4-6-7-5-3-1/h9H,1-8H2;1-6H2/q+1;. The summed E-state index contributed by atoms with van der Waals surface area (Å²) in [5.74, 6) is 1.14. The molecule has 4 rings (SSSR count). The summed E-state index contributed by atoms with van der Waals surface area (Å²) in [5, 5.41) is 4.27. The first-order valence-corrected chi connectivity index (χ1v) is 8.27. The van der Waals surface area contributed by atoms with Crippen LogP contribution >= 0.6 is 0 Å². The van der Waals surface area contributed by atoms with Crippen LogP contribution in [0.4, 0.5) is 0 Å². The van der Waals surface area contributed by atoms with Gasteiger partial charge in [-0.2, -0.15) is 4.90 Å². The maximum absolute atomic E-state index is 4.27. The Morgan fingerprint density at radius 2 is 1.67 bits per heavy atom. The van der Waals surface area contributed by atoms with E-state index in [1.807, 2.05) is 0 Å². The van der Waals surface area contributed by atoms with Crippen LogP contribution in [-0.2, 0) is 0 Å². The van der Waals surface area contributed by atoms with Crippen molar-refractivity contribution in [2.75, 3.05) is 26.2 Å². The fourth-order valence-electron chi connectivity index (χ4n) is 3.92. The highest BCUT2D eigenvalue weighted by Gasteiger charge is 2.58. The van der Waals surface area contributed by atoms with Gasteiger partial charge in [0, 0.05) is 32.4 Å². The minimum Gasteiger partial charge on any atom is -0.242 e. The molecule has 102 valence electrons. The zero-order valence-corrected chi connectivity index (χ0v) is 11.9. The van der Waals surface area contributed by atoms with Crippen molar-refractivity contribution in [3.05, 3.63) is 0 Å². The molecule has 1 aliphatic carbocycles. The van der Waals surface area contributed by atoms with E-state index in [0.29, 0.717) is 0 Å². The molecule has 4 fully saturated rings. The maximum Gasteiger partial charge on any atom is 0.148 e. The Morgan fingerprint density at radius 1 is 0.889 bits per heavy atom. The van der Waals surface area contributed by atoms with E-state index < -0.39 is 0 Å². The van der Waals surface area contributed by atoms with E-state index in [2.05, 4.69) is 10.2 Å². The molecule has 0 spiro atoms. The smallest absolute Gasteiger partial charge is 0.148 e. The second kappa shape index (κ2) is 5.92. The summed E-state index contributed by atoms with van der Waals surface area (Å²) in [6, 6.07) is 0. The van der Waals surface area contributed by atoms with Gasteiger partial charge in [0.25, 0.3) is 0 Å². The first-order valence-electron chi connectivity index (χ1n) is 8.27. The molecule has 0 amide bonds. The van der Waals surface area contributed by atoms with Crippen LogP contribution in [0.3, 0.4) is 0 Å². The van der Waals surface area contributed by atoms with E-state index in [9.17, 15) is 0 Å². The van der Waals surface area contributed by atoms with Crippen LogP contribution in [0.25, 0.3) is 0 Å². The lowest BCUT2D eigenvalue weighted by atomic mass is 9.80. The molecule has 0 N–H and O–H groups in total. The van der Waals surface area contributed by atoms with Gasteiger partial charge in [-0.15, -0.1) is 0 Å². The molecule has 1 atom stereocenters. The topological polar surface area (TPSA) is 20.0 Å². The second-order valence-electron chi connectivity index (χ2n) is 6.80. The van der Waals surface area contributed by atoms with Crippen LogP contribution in [0.1, 0.15) is 64.2 Å². The first kappa shape index (κ1) is 12.9. The average Bonchev–Trinajstić information content (AvgIpc) is 3.15. The number of fused-ring (bicyclic) bond motifs is 1. The van der Waals surface area contributed by atoms with Gasteiger partial charge in [0.2, 0.25) is 0 Å². The van der Waals surface area contributed by atoms with E-state index in [1.165, 1.54) is 70.9 Å². The molecule has 1 saturated carbocycles. The monoisotopic (exact) mass is 249 g/mol. The molecule has 2 radical (unpaired) electrons. The largest absolute Gasteiger partial charge is 0.242 e. The predicted octanol–water partition coefficient (Wildman–Crippen LogP) is 3.03. The Balaban J connectivity index is 0.000000125. The van der Waals surface area contributed by atoms with Gasteiger partial charge in [0.05, 0.1) is 6.42 Å². The van der Waals surface area contributed by atoms with Crippen LogP contribution in [-0.4, -0.2) is 31.7 Å². The van der Waals surface area contributed by atoms with Crippen molar-refractivity contribution in [1.82, 2.24) is 10.2 Å². The van der Waals surface area contributed by atoms with E-state index in [0.717, 1.165) is 24.5 Å². The highest BCUT2D eigenvalue weighted by molar-refractivity contribution is 5.09. The maximum atomic E-state index is 4.27. The van der Waals surface area contributed by atoms with Gasteiger partial charge in [-0.1, -0.05) is 12.8 Å². The quantitative estimate of drug-likeness (QED) is 0.671. The highest BCUT2D eigenvalue weighted by Crippen LogP contribution is 2.48. The van der Waals surface area contributed by atoms with Gasteiger partial charge in [0.1, 0.15) is 18.6 Å². The van der Waals surface area contributed by atoms with Gasteiger partial charge in [-0.3, -0.25) is 0 Å². The molecule has 3 heterocycles. The normalized spacial score (nSPS) is 36.0. The number of hydrogen-bond acceptors (Lipinski definition) is 1. The molecule has 0 bridgehead atoms. The van der Waals surface area contributed by atoms with Crippen LogP contribution in [0.15, 0.2) is 0 Å². The minimum atomic E-state index is 0.751. The number of rotatable bonds is 2. The molecular formula is C16H29N2+. The molecule has 3 saturated heterocycles. The van der Waals surface area contributed by atoms with Crippen molar-refractivity contribution in [2.24, 2.45) is 5.92 Å². The zero-order valence-electron chi connectivity index (χ0n) is 11.9. The third-order valence-corrected chi connectivity index (χ3v) is 5.34. The van der Waals surface area contributed by atoms with Crippen molar-refractivity contribution < 1.29 is 0 Å². The summed E-state index contributed by atoms with van der Waals surface area (Å²) in [5.41, 5.74) is 0.751. The molecule has 1 unspecified atom stereocenters. The second-order valence-corrected chi connectivity index (χ2v) is 6.80. The number of hydrogen-bond donors (Lipinski definition) is 0. The van der Waals surface area contributed by atoms with Gasteiger partial charge >= 0.3 is 0 Å². The van der Waals surface area contributed by atoms with Gasteiger partial charge in [-0.05, 0) is 31.6 Å². The summed E-state index contributed by atoms with van der Waals surface area (Å²) >= 11 is 0. The Hall–Kier alpha value is -0.0800. The highest BCUT2D eigenvalue weighted by atomic mass is 15.3. The molecule has 2 nitrogen and oxygen atoms in total. The Morgan fingerprint density at radius 3 is 2.22 bits per heavy atom. The predicted molar refractivity (Wildman–Crippen MR) is 76.1 cm³/mol. The first-order chi connectivity index (χ1) is 8.89. The third-order valence-electron chi connectivity index (χ3n) is 5.34. The lowest BCUT2D eigenvalue weighted by Crippen LogP contribution is -2.60. The van der Waals surface area contributed by atoms with Crippen LogP contribution < -0.4 is 10.2 Å². The van der Waals surface area contributed by atoms with Crippen LogP contribution in [0.5, 0.6) is 0 Å². The van der Waals surface area contributed by atoms with E-state index in [4.69, 9.17) is 0 Å². The van der Waals surface area contributed by atoms with Gasteiger partial charge < -0.3 is 0 Å². The molecular weight excluding hydrogens is 220 g/mol. The number of nitrogens with zero attached hydrogens (tertiary/aromatic N) is 2. The molecule has 0 aromatic carbocycles. The van der Waals surface area contributed by atoms with E-state index in [1.54, 1.807) is 6.42 Å². The Bertz CT molecular complexity index is 242. The summed E-state index contributed by atoms with van der Waals surface area (Å²) in [7, 11) is 0. The van der Waals surface area contributed by atoms with Crippen molar-refractivity contribution in [3.8, 4) is 0 Å².